The standard InChI is InChI=1S/C10H11N5O/c1-15-6-8(5-13-15)14-9-2-10(16)12-4-7(9)3-11/h2-6,11H,1H3,(H2,12,14,16). The fourth-order valence-corrected chi connectivity index (χ4v) is 1.35. The molecule has 0 bridgehead atoms. The second-order valence-electron chi connectivity index (χ2n) is 3.34. The van der Waals surface area contributed by atoms with Crippen LogP contribution in [0, 0.1) is 5.41 Å². The maximum Gasteiger partial charge on any atom is 0.250 e. The molecule has 2 rings (SSSR count). The number of aromatic nitrogens is 3. The number of hydrogen-bond donors (Lipinski definition) is 3. The minimum atomic E-state index is -0.211. The molecule has 0 fully saturated rings. The van der Waals surface area contributed by atoms with Crippen molar-refractivity contribution < 1.29 is 0 Å². The van der Waals surface area contributed by atoms with Gasteiger partial charge in [0.25, 0.3) is 0 Å². The van der Waals surface area contributed by atoms with Crippen LogP contribution in [-0.2, 0) is 7.05 Å². The lowest BCUT2D eigenvalue weighted by molar-refractivity contribution is 0.768. The molecule has 16 heavy (non-hydrogen) atoms. The van der Waals surface area contributed by atoms with Gasteiger partial charge in [-0.3, -0.25) is 9.48 Å². The molecule has 0 spiro atoms. The van der Waals surface area contributed by atoms with E-state index in [1.54, 1.807) is 24.1 Å². The number of nitrogens with zero attached hydrogens (tertiary/aromatic N) is 2. The van der Waals surface area contributed by atoms with Crippen molar-refractivity contribution >= 4 is 17.6 Å². The highest BCUT2D eigenvalue weighted by Gasteiger charge is 2.02. The lowest BCUT2D eigenvalue weighted by Crippen LogP contribution is -2.07. The molecule has 0 unspecified atom stereocenters. The molecular formula is C10H11N5O. The van der Waals surface area contributed by atoms with E-state index in [2.05, 4.69) is 15.4 Å². The molecule has 0 amide bonds. The summed E-state index contributed by atoms with van der Waals surface area (Å²) in [6, 6.07) is 1.41. The van der Waals surface area contributed by atoms with Crippen LogP contribution >= 0.6 is 0 Å². The average molecular weight is 217 g/mol. The number of pyridine rings is 1. The summed E-state index contributed by atoms with van der Waals surface area (Å²) in [7, 11) is 1.81. The Bertz CT molecular complexity index is 569. The van der Waals surface area contributed by atoms with Gasteiger partial charge in [0, 0.05) is 37.3 Å². The minimum Gasteiger partial charge on any atom is -0.352 e. The number of nitrogens with one attached hydrogen (secondary N) is 3. The van der Waals surface area contributed by atoms with Crippen molar-refractivity contribution in [1.82, 2.24) is 14.8 Å². The Morgan fingerprint density at radius 3 is 3.06 bits per heavy atom. The second-order valence-corrected chi connectivity index (χ2v) is 3.34. The molecule has 0 aliphatic rings. The van der Waals surface area contributed by atoms with E-state index in [1.807, 2.05) is 0 Å². The Kier molecular flexibility index (Phi) is 2.55. The first-order valence-electron chi connectivity index (χ1n) is 4.68. The summed E-state index contributed by atoms with van der Waals surface area (Å²) in [4.78, 5) is 13.7. The zero-order valence-corrected chi connectivity index (χ0v) is 8.69. The lowest BCUT2D eigenvalue weighted by Gasteiger charge is -2.05. The van der Waals surface area contributed by atoms with Crippen LogP contribution in [0.5, 0.6) is 0 Å². The van der Waals surface area contributed by atoms with Crippen LogP contribution < -0.4 is 10.9 Å². The summed E-state index contributed by atoms with van der Waals surface area (Å²) in [5.74, 6) is 0. The van der Waals surface area contributed by atoms with E-state index in [9.17, 15) is 4.79 Å². The molecule has 0 aliphatic heterocycles. The van der Waals surface area contributed by atoms with Crippen LogP contribution in [0.15, 0.2) is 29.5 Å². The first-order valence-corrected chi connectivity index (χ1v) is 4.68. The Morgan fingerprint density at radius 1 is 1.62 bits per heavy atom. The van der Waals surface area contributed by atoms with Crippen LogP contribution in [0.25, 0.3) is 0 Å². The fraction of sp³-hybridized carbons (Fsp3) is 0.100. The highest BCUT2D eigenvalue weighted by atomic mass is 16.1. The molecule has 82 valence electrons. The maximum atomic E-state index is 11.2. The van der Waals surface area contributed by atoms with E-state index < -0.39 is 0 Å². The highest BCUT2D eigenvalue weighted by Crippen LogP contribution is 2.16. The van der Waals surface area contributed by atoms with E-state index in [0.29, 0.717) is 11.3 Å². The van der Waals surface area contributed by atoms with Crippen molar-refractivity contribution in [1.29, 1.82) is 5.41 Å². The Morgan fingerprint density at radius 2 is 2.44 bits per heavy atom. The van der Waals surface area contributed by atoms with Crippen LogP contribution in [0.4, 0.5) is 11.4 Å². The van der Waals surface area contributed by atoms with Crippen LogP contribution in [0.2, 0.25) is 0 Å². The summed E-state index contributed by atoms with van der Waals surface area (Å²) >= 11 is 0. The normalized spacial score (nSPS) is 10.1. The van der Waals surface area contributed by atoms with Crippen molar-refractivity contribution in [2.45, 2.75) is 0 Å². The molecular weight excluding hydrogens is 206 g/mol. The number of H-pyrrole nitrogens is 1. The highest BCUT2D eigenvalue weighted by molar-refractivity contribution is 5.86. The van der Waals surface area contributed by atoms with Gasteiger partial charge in [0.05, 0.1) is 17.6 Å². The van der Waals surface area contributed by atoms with Gasteiger partial charge in [0.2, 0.25) is 5.56 Å². The Balaban J connectivity index is 2.36. The quantitative estimate of drug-likeness (QED) is 0.666. The second kappa shape index (κ2) is 4.01. The molecule has 2 aromatic rings. The smallest absolute Gasteiger partial charge is 0.250 e. The first-order chi connectivity index (χ1) is 7.69. The van der Waals surface area contributed by atoms with Crippen LogP contribution in [-0.4, -0.2) is 21.0 Å². The van der Waals surface area contributed by atoms with E-state index >= 15 is 0 Å². The molecule has 2 aromatic heterocycles. The number of aryl methyl sites for hydroxylation is 1. The first kappa shape index (κ1) is 10.2. The third-order valence-electron chi connectivity index (χ3n) is 2.10. The molecule has 0 aromatic carbocycles. The summed E-state index contributed by atoms with van der Waals surface area (Å²) in [6.45, 7) is 0. The number of hydrogen-bond acceptors (Lipinski definition) is 4. The van der Waals surface area contributed by atoms with Crippen molar-refractivity contribution in [2.24, 2.45) is 7.05 Å². The van der Waals surface area contributed by atoms with Gasteiger partial charge in [0.1, 0.15) is 0 Å². The molecule has 0 saturated heterocycles. The average Bonchev–Trinajstić information content (AvgIpc) is 2.64. The summed E-state index contributed by atoms with van der Waals surface area (Å²) in [5, 5.41) is 14.3. The maximum absolute atomic E-state index is 11.2. The third kappa shape index (κ3) is 2.00. The van der Waals surface area contributed by atoms with E-state index in [0.717, 1.165) is 5.69 Å². The van der Waals surface area contributed by atoms with Gasteiger partial charge in [-0.05, 0) is 0 Å². The van der Waals surface area contributed by atoms with Crippen molar-refractivity contribution in [3.05, 3.63) is 40.6 Å². The topological polar surface area (TPSA) is 86.6 Å². The van der Waals surface area contributed by atoms with Crippen molar-refractivity contribution in [2.75, 3.05) is 5.32 Å². The van der Waals surface area contributed by atoms with Gasteiger partial charge < -0.3 is 15.7 Å². The third-order valence-corrected chi connectivity index (χ3v) is 2.10. The predicted molar refractivity (Wildman–Crippen MR) is 61.4 cm³/mol. The van der Waals surface area contributed by atoms with Gasteiger partial charge in [0.15, 0.2) is 0 Å². The summed E-state index contributed by atoms with van der Waals surface area (Å²) in [5.41, 5.74) is 1.77. The molecule has 6 nitrogen and oxygen atoms in total. The van der Waals surface area contributed by atoms with Crippen LogP contribution in [0.1, 0.15) is 5.56 Å². The molecule has 6 heteroatoms. The largest absolute Gasteiger partial charge is 0.352 e. The molecule has 2 heterocycles. The van der Waals surface area contributed by atoms with E-state index in [1.165, 1.54) is 18.5 Å². The zero-order valence-electron chi connectivity index (χ0n) is 8.69. The number of aromatic amines is 1. The lowest BCUT2D eigenvalue weighted by atomic mass is 10.2. The van der Waals surface area contributed by atoms with Crippen LogP contribution in [0.3, 0.4) is 0 Å². The van der Waals surface area contributed by atoms with Gasteiger partial charge in [-0.25, -0.2) is 0 Å². The van der Waals surface area contributed by atoms with E-state index in [-0.39, 0.29) is 5.56 Å². The van der Waals surface area contributed by atoms with Gasteiger partial charge in [-0.2, -0.15) is 5.10 Å². The van der Waals surface area contributed by atoms with E-state index in [4.69, 9.17) is 5.41 Å². The van der Waals surface area contributed by atoms with Gasteiger partial charge >= 0.3 is 0 Å². The zero-order chi connectivity index (χ0) is 11.5. The van der Waals surface area contributed by atoms with Gasteiger partial charge in [-0.15, -0.1) is 0 Å². The SMILES string of the molecule is Cn1cc(Nc2cc(=O)[nH]cc2C=N)cn1. The van der Waals surface area contributed by atoms with Crippen molar-refractivity contribution in [3.63, 3.8) is 0 Å². The molecule has 0 saturated carbocycles. The monoisotopic (exact) mass is 217 g/mol. The molecule has 0 radical (unpaired) electrons. The fourth-order valence-electron chi connectivity index (χ4n) is 1.35. The Hall–Kier alpha value is -2.37. The predicted octanol–water partition coefficient (Wildman–Crippen LogP) is 0.850. The van der Waals surface area contributed by atoms with Crippen molar-refractivity contribution in [3.8, 4) is 0 Å². The minimum absolute atomic E-state index is 0.211. The summed E-state index contributed by atoms with van der Waals surface area (Å²) in [6.07, 6.45) is 6.10. The molecule has 0 aliphatic carbocycles. The number of rotatable bonds is 3. The molecule has 3 N–H and O–H groups in total. The Labute approximate surface area is 91.4 Å². The summed E-state index contributed by atoms with van der Waals surface area (Å²) < 4.78 is 1.65. The number of anilines is 2. The van der Waals surface area contributed by atoms with Gasteiger partial charge in [-0.1, -0.05) is 0 Å². The molecule has 0 atom stereocenters.